The Hall–Kier alpha value is -1.61. The third-order valence-electron chi connectivity index (χ3n) is 2.36. The third kappa shape index (κ3) is 3.21. The maximum atomic E-state index is 10.9. The monoisotopic (exact) mass is 220 g/mol. The van der Waals surface area contributed by atoms with Crippen molar-refractivity contribution in [3.05, 3.63) is 36.9 Å². The number of benzene rings is 1. The van der Waals surface area contributed by atoms with E-state index in [1.807, 2.05) is 24.3 Å². The lowest BCUT2D eigenvalue weighted by Crippen LogP contribution is -2.40. The Morgan fingerprint density at radius 3 is 2.75 bits per heavy atom. The molecule has 0 atom stereocenters. The molecule has 0 aromatic heterocycles. The summed E-state index contributed by atoms with van der Waals surface area (Å²) in [5.74, 6) is 0.284. The fourth-order valence-corrected chi connectivity index (χ4v) is 1.52. The molecule has 1 rings (SSSR count). The smallest absolute Gasteiger partial charge is 0.308 e. The average Bonchev–Trinajstić information content (AvgIpc) is 2.17. The topological polar surface area (TPSA) is 26.3 Å². The summed E-state index contributed by atoms with van der Waals surface area (Å²) in [4.78, 5) is 10.9. The van der Waals surface area contributed by atoms with Gasteiger partial charge in [0.05, 0.1) is 14.1 Å². The van der Waals surface area contributed by atoms with Gasteiger partial charge in [0.25, 0.3) is 0 Å². The van der Waals surface area contributed by atoms with E-state index in [-0.39, 0.29) is 5.97 Å². The number of ether oxygens (including phenoxy) is 1. The van der Waals surface area contributed by atoms with Crippen LogP contribution in [0.3, 0.4) is 0 Å². The number of likely N-dealkylation sites (N-methyl/N-ethyl adjacent to an activating group) is 1. The quantitative estimate of drug-likeness (QED) is 0.337. The number of carbonyl (C=O) groups is 1. The zero-order valence-electron chi connectivity index (χ0n) is 10.1. The molecule has 0 saturated carbocycles. The van der Waals surface area contributed by atoms with Crippen molar-refractivity contribution in [2.24, 2.45) is 0 Å². The van der Waals surface area contributed by atoms with Crippen molar-refractivity contribution in [2.45, 2.75) is 6.92 Å². The summed E-state index contributed by atoms with van der Waals surface area (Å²) in [6.07, 6.45) is 1.87. The summed E-state index contributed by atoms with van der Waals surface area (Å²) in [7, 11) is 4.16. The first-order valence-electron chi connectivity index (χ1n) is 5.18. The number of carbonyl (C=O) groups excluding carboxylic acids is 1. The molecular weight excluding hydrogens is 202 g/mol. The van der Waals surface area contributed by atoms with E-state index < -0.39 is 0 Å². The molecule has 0 heterocycles. The van der Waals surface area contributed by atoms with Gasteiger partial charge in [-0.2, -0.15) is 0 Å². The lowest BCUT2D eigenvalue weighted by atomic mass is 10.2. The van der Waals surface area contributed by atoms with E-state index >= 15 is 0 Å². The van der Waals surface area contributed by atoms with Gasteiger partial charge in [0.1, 0.15) is 18.0 Å². The summed E-state index contributed by atoms with van der Waals surface area (Å²) in [6.45, 7) is 5.96. The minimum Gasteiger partial charge on any atom is -0.426 e. The Balaban J connectivity index is 2.97. The van der Waals surface area contributed by atoms with Gasteiger partial charge in [-0.3, -0.25) is 9.28 Å². The first-order valence-corrected chi connectivity index (χ1v) is 5.18. The van der Waals surface area contributed by atoms with Crippen LogP contribution in [0.2, 0.25) is 0 Å². The predicted molar refractivity (Wildman–Crippen MR) is 66.5 cm³/mol. The molecule has 0 unspecified atom stereocenters. The molecule has 3 nitrogen and oxygen atoms in total. The van der Waals surface area contributed by atoms with Crippen LogP contribution < -0.4 is 9.22 Å². The SMILES string of the molecule is C=CC[N+](C)(C)c1cccc(OC(C)=O)c1. The van der Waals surface area contributed by atoms with Crippen LogP contribution in [0.5, 0.6) is 5.75 Å². The summed E-state index contributed by atoms with van der Waals surface area (Å²) in [5, 5.41) is 0. The molecule has 0 bridgehead atoms. The van der Waals surface area contributed by atoms with E-state index in [4.69, 9.17) is 4.74 Å². The van der Waals surface area contributed by atoms with Crippen LogP contribution in [0.25, 0.3) is 0 Å². The normalized spacial score (nSPS) is 10.9. The number of quaternary nitrogens is 1. The molecule has 0 saturated heterocycles. The van der Waals surface area contributed by atoms with Crippen LogP contribution in [0.15, 0.2) is 36.9 Å². The van der Waals surface area contributed by atoms with Crippen LogP contribution >= 0.6 is 0 Å². The minimum atomic E-state index is -0.300. The highest BCUT2D eigenvalue weighted by molar-refractivity contribution is 5.69. The second-order valence-electron chi connectivity index (χ2n) is 4.25. The predicted octanol–water partition coefficient (Wildman–Crippen LogP) is 2.36. The summed E-state index contributed by atoms with van der Waals surface area (Å²) < 4.78 is 5.73. The molecule has 1 aromatic carbocycles. The highest BCUT2D eigenvalue weighted by Crippen LogP contribution is 2.24. The largest absolute Gasteiger partial charge is 0.426 e. The van der Waals surface area contributed by atoms with E-state index in [2.05, 4.69) is 20.7 Å². The van der Waals surface area contributed by atoms with E-state index in [0.29, 0.717) is 10.2 Å². The van der Waals surface area contributed by atoms with Gasteiger partial charge < -0.3 is 4.74 Å². The number of hydrogen-bond acceptors (Lipinski definition) is 2. The van der Waals surface area contributed by atoms with E-state index in [0.717, 1.165) is 12.2 Å². The number of rotatable bonds is 4. The Kier molecular flexibility index (Phi) is 3.85. The summed E-state index contributed by atoms with van der Waals surface area (Å²) in [6, 6.07) is 7.55. The van der Waals surface area contributed by atoms with Crippen molar-refractivity contribution >= 4 is 11.7 Å². The number of nitrogens with zero attached hydrogens (tertiary/aromatic N) is 1. The average molecular weight is 220 g/mol. The lowest BCUT2D eigenvalue weighted by Gasteiger charge is -2.27. The highest BCUT2D eigenvalue weighted by atomic mass is 16.5. The fourth-order valence-electron chi connectivity index (χ4n) is 1.52. The molecule has 16 heavy (non-hydrogen) atoms. The molecule has 0 radical (unpaired) electrons. The van der Waals surface area contributed by atoms with Gasteiger partial charge in [0.15, 0.2) is 0 Å². The molecular formula is C13H18NO2+. The molecule has 0 fully saturated rings. The molecule has 3 heteroatoms. The number of hydrogen-bond donors (Lipinski definition) is 0. The summed E-state index contributed by atoms with van der Waals surface area (Å²) in [5.41, 5.74) is 1.08. The van der Waals surface area contributed by atoms with Crippen molar-refractivity contribution in [3.8, 4) is 5.75 Å². The van der Waals surface area contributed by atoms with Gasteiger partial charge in [-0.1, -0.05) is 12.6 Å². The van der Waals surface area contributed by atoms with E-state index in [1.165, 1.54) is 6.92 Å². The van der Waals surface area contributed by atoms with Crippen molar-refractivity contribution in [1.29, 1.82) is 0 Å². The maximum absolute atomic E-state index is 10.9. The zero-order chi connectivity index (χ0) is 12.2. The molecule has 0 amide bonds. The minimum absolute atomic E-state index is 0.300. The maximum Gasteiger partial charge on any atom is 0.308 e. The molecule has 0 aliphatic rings. The highest BCUT2D eigenvalue weighted by Gasteiger charge is 2.17. The van der Waals surface area contributed by atoms with Crippen molar-refractivity contribution < 1.29 is 9.53 Å². The molecule has 0 N–H and O–H groups in total. The fraction of sp³-hybridized carbons (Fsp3) is 0.308. The van der Waals surface area contributed by atoms with Gasteiger partial charge in [-0.15, -0.1) is 0 Å². The Morgan fingerprint density at radius 1 is 1.50 bits per heavy atom. The molecule has 0 spiro atoms. The van der Waals surface area contributed by atoms with Gasteiger partial charge >= 0.3 is 5.97 Å². The van der Waals surface area contributed by atoms with Crippen LogP contribution in [0.4, 0.5) is 5.69 Å². The van der Waals surface area contributed by atoms with Crippen LogP contribution in [-0.2, 0) is 4.79 Å². The van der Waals surface area contributed by atoms with Crippen LogP contribution in [0.1, 0.15) is 6.92 Å². The first-order chi connectivity index (χ1) is 7.45. The third-order valence-corrected chi connectivity index (χ3v) is 2.36. The van der Waals surface area contributed by atoms with E-state index in [9.17, 15) is 4.79 Å². The second-order valence-corrected chi connectivity index (χ2v) is 4.25. The molecule has 0 aliphatic carbocycles. The van der Waals surface area contributed by atoms with Crippen molar-refractivity contribution in [3.63, 3.8) is 0 Å². The molecule has 0 aliphatic heterocycles. The Morgan fingerprint density at radius 2 is 2.19 bits per heavy atom. The van der Waals surface area contributed by atoms with Crippen molar-refractivity contribution in [1.82, 2.24) is 4.48 Å². The van der Waals surface area contributed by atoms with Crippen molar-refractivity contribution in [2.75, 3.05) is 20.6 Å². The number of esters is 1. The zero-order valence-corrected chi connectivity index (χ0v) is 10.1. The van der Waals surface area contributed by atoms with E-state index in [1.54, 1.807) is 6.07 Å². The van der Waals surface area contributed by atoms with Crippen LogP contribution in [0, 0.1) is 0 Å². The summed E-state index contributed by atoms with van der Waals surface area (Å²) >= 11 is 0. The Bertz CT molecular complexity index is 397. The molecule has 86 valence electrons. The Labute approximate surface area is 96.5 Å². The first kappa shape index (κ1) is 12.5. The van der Waals surface area contributed by atoms with Crippen LogP contribution in [-0.4, -0.2) is 26.6 Å². The lowest BCUT2D eigenvalue weighted by molar-refractivity contribution is -0.131. The van der Waals surface area contributed by atoms with Gasteiger partial charge in [-0.25, -0.2) is 0 Å². The van der Waals surface area contributed by atoms with Gasteiger partial charge in [0.2, 0.25) is 0 Å². The van der Waals surface area contributed by atoms with Gasteiger partial charge in [-0.05, 0) is 18.2 Å². The molecule has 1 aromatic rings. The standard InChI is InChI=1S/C13H18NO2/c1-5-9-14(3,4)12-7-6-8-13(10-12)16-11(2)15/h5-8,10H,1,9H2,2-4H3/q+1. The second kappa shape index (κ2) is 4.94. The van der Waals surface area contributed by atoms with Gasteiger partial charge in [0, 0.05) is 13.0 Å².